The topological polar surface area (TPSA) is 9.23 Å². The molecule has 52 valence electrons. The Morgan fingerprint density at radius 2 is 1.33 bits per heavy atom. The van der Waals surface area contributed by atoms with E-state index in [1.807, 2.05) is 0 Å². The number of hydrogen-bond acceptors (Lipinski definition) is 1. The first-order chi connectivity index (χ1) is 4.45. The minimum absolute atomic E-state index is 0.650. The molecule has 0 aromatic heterocycles. The number of fused-ring (bicyclic) bond motifs is 2. The van der Waals surface area contributed by atoms with Gasteiger partial charge in [0.1, 0.15) is 0 Å². The van der Waals surface area contributed by atoms with Crippen LogP contribution in [0.15, 0.2) is 0 Å². The molecule has 2 aliphatic rings. The molecule has 2 atom stereocenters. The second-order valence-electron chi connectivity index (χ2n) is 3.24. The molecule has 2 bridgehead atoms. The molecule has 1 heteroatoms. The van der Waals surface area contributed by atoms with Gasteiger partial charge in [-0.1, -0.05) is 12.8 Å². The molecule has 9 heavy (non-hydrogen) atoms. The molecule has 0 spiro atoms. The van der Waals surface area contributed by atoms with Crippen LogP contribution in [0.1, 0.15) is 38.5 Å². The average Bonchev–Trinajstić information content (AvgIpc) is 2.09. The van der Waals surface area contributed by atoms with Crippen molar-refractivity contribution in [2.24, 2.45) is 0 Å². The Morgan fingerprint density at radius 1 is 0.778 bits per heavy atom. The highest BCUT2D eigenvalue weighted by molar-refractivity contribution is 4.76. The van der Waals surface area contributed by atoms with Crippen molar-refractivity contribution >= 4 is 0 Å². The summed E-state index contributed by atoms with van der Waals surface area (Å²) in [6.45, 7) is 0. The van der Waals surface area contributed by atoms with Crippen LogP contribution < -0.4 is 0 Å². The molecule has 2 saturated heterocycles. The molecular formula is C8H14O. The lowest BCUT2D eigenvalue weighted by Crippen LogP contribution is -2.05. The fourth-order valence-electron chi connectivity index (χ4n) is 1.95. The minimum Gasteiger partial charge on any atom is -0.375 e. The molecule has 1 nitrogen and oxygen atoms in total. The summed E-state index contributed by atoms with van der Waals surface area (Å²) in [5, 5.41) is 0. The van der Waals surface area contributed by atoms with Crippen LogP contribution in [-0.4, -0.2) is 12.2 Å². The second kappa shape index (κ2) is 2.30. The van der Waals surface area contributed by atoms with Crippen LogP contribution >= 0.6 is 0 Å². The van der Waals surface area contributed by atoms with Crippen molar-refractivity contribution < 1.29 is 4.74 Å². The van der Waals surface area contributed by atoms with E-state index in [0.29, 0.717) is 12.2 Å². The summed E-state index contributed by atoms with van der Waals surface area (Å²) in [6, 6.07) is 0. The Kier molecular flexibility index (Phi) is 1.46. The lowest BCUT2D eigenvalue weighted by atomic mass is 10.0. The molecule has 2 heterocycles. The number of rotatable bonds is 0. The zero-order valence-electron chi connectivity index (χ0n) is 5.81. The Labute approximate surface area is 56.4 Å². The Balaban J connectivity index is 1.99. The Morgan fingerprint density at radius 3 is 1.89 bits per heavy atom. The van der Waals surface area contributed by atoms with Gasteiger partial charge in [-0.05, 0) is 25.7 Å². The maximum Gasteiger partial charge on any atom is 0.0579 e. The Hall–Kier alpha value is -0.0400. The van der Waals surface area contributed by atoms with Crippen LogP contribution in [0, 0.1) is 0 Å². The summed E-state index contributed by atoms with van der Waals surface area (Å²) in [5.41, 5.74) is 0. The average molecular weight is 126 g/mol. The van der Waals surface area contributed by atoms with Crippen LogP contribution in [0.25, 0.3) is 0 Å². The molecule has 0 N–H and O–H groups in total. The summed E-state index contributed by atoms with van der Waals surface area (Å²) >= 11 is 0. The van der Waals surface area contributed by atoms with E-state index in [1.165, 1.54) is 38.5 Å². The standard InChI is InChI=1S/C8H14O/c1-2-4-8-6-5-7(3-1)9-8/h7-8H,1-6H2. The quantitative estimate of drug-likeness (QED) is 0.483. The van der Waals surface area contributed by atoms with Gasteiger partial charge in [-0.3, -0.25) is 0 Å². The molecule has 0 amide bonds. The molecule has 2 aliphatic heterocycles. The van der Waals surface area contributed by atoms with Crippen LogP contribution in [0.4, 0.5) is 0 Å². The van der Waals surface area contributed by atoms with Crippen molar-refractivity contribution in [3.05, 3.63) is 0 Å². The number of hydrogen-bond donors (Lipinski definition) is 0. The van der Waals surface area contributed by atoms with Crippen molar-refractivity contribution in [3.8, 4) is 0 Å². The van der Waals surface area contributed by atoms with E-state index in [9.17, 15) is 0 Å². The first kappa shape index (κ1) is 5.72. The largest absolute Gasteiger partial charge is 0.375 e. The van der Waals surface area contributed by atoms with Crippen LogP contribution in [0.5, 0.6) is 0 Å². The summed E-state index contributed by atoms with van der Waals surface area (Å²) < 4.78 is 5.72. The van der Waals surface area contributed by atoms with E-state index in [2.05, 4.69) is 0 Å². The third-order valence-electron chi connectivity index (χ3n) is 2.50. The summed E-state index contributed by atoms with van der Waals surface area (Å²) in [7, 11) is 0. The third-order valence-corrected chi connectivity index (χ3v) is 2.50. The van der Waals surface area contributed by atoms with E-state index >= 15 is 0 Å². The van der Waals surface area contributed by atoms with E-state index in [-0.39, 0.29) is 0 Å². The van der Waals surface area contributed by atoms with E-state index < -0.39 is 0 Å². The fourth-order valence-corrected chi connectivity index (χ4v) is 1.95. The van der Waals surface area contributed by atoms with Gasteiger partial charge in [0.15, 0.2) is 0 Å². The van der Waals surface area contributed by atoms with Crippen LogP contribution in [0.2, 0.25) is 0 Å². The van der Waals surface area contributed by atoms with Crippen molar-refractivity contribution in [2.45, 2.75) is 50.7 Å². The summed E-state index contributed by atoms with van der Waals surface area (Å²) in [6.07, 6.45) is 9.44. The molecule has 0 radical (unpaired) electrons. The molecule has 0 aromatic carbocycles. The molecular weight excluding hydrogens is 112 g/mol. The molecule has 0 saturated carbocycles. The minimum atomic E-state index is 0.650. The predicted octanol–water partition coefficient (Wildman–Crippen LogP) is 2.11. The molecule has 2 fully saturated rings. The van der Waals surface area contributed by atoms with Gasteiger partial charge >= 0.3 is 0 Å². The van der Waals surface area contributed by atoms with Crippen molar-refractivity contribution in [2.75, 3.05) is 0 Å². The second-order valence-corrected chi connectivity index (χ2v) is 3.24. The summed E-state index contributed by atoms with van der Waals surface area (Å²) in [4.78, 5) is 0. The normalized spacial score (nSPS) is 42.7. The molecule has 2 unspecified atom stereocenters. The molecule has 0 aliphatic carbocycles. The van der Waals surface area contributed by atoms with Gasteiger partial charge in [-0.2, -0.15) is 0 Å². The van der Waals surface area contributed by atoms with Gasteiger partial charge in [0.25, 0.3) is 0 Å². The zero-order valence-corrected chi connectivity index (χ0v) is 5.81. The number of ether oxygens (including phenoxy) is 1. The zero-order chi connectivity index (χ0) is 6.10. The van der Waals surface area contributed by atoms with E-state index in [0.717, 1.165) is 0 Å². The highest BCUT2D eigenvalue weighted by Gasteiger charge is 2.26. The van der Waals surface area contributed by atoms with Gasteiger partial charge in [0, 0.05) is 0 Å². The highest BCUT2D eigenvalue weighted by Crippen LogP contribution is 2.30. The first-order valence-electron chi connectivity index (χ1n) is 4.10. The molecule has 2 rings (SSSR count). The van der Waals surface area contributed by atoms with Crippen molar-refractivity contribution in [3.63, 3.8) is 0 Å². The fraction of sp³-hybridized carbons (Fsp3) is 1.00. The SMILES string of the molecule is C1CCC2CCC(C1)O2. The van der Waals surface area contributed by atoms with Crippen molar-refractivity contribution in [1.82, 2.24) is 0 Å². The third kappa shape index (κ3) is 1.11. The maximum absolute atomic E-state index is 5.72. The Bertz CT molecular complexity index is 88.7. The molecule has 0 aromatic rings. The van der Waals surface area contributed by atoms with Crippen LogP contribution in [-0.2, 0) is 4.74 Å². The van der Waals surface area contributed by atoms with Gasteiger partial charge in [0.2, 0.25) is 0 Å². The van der Waals surface area contributed by atoms with E-state index in [1.54, 1.807) is 0 Å². The van der Waals surface area contributed by atoms with Gasteiger partial charge in [-0.25, -0.2) is 0 Å². The van der Waals surface area contributed by atoms with Gasteiger partial charge < -0.3 is 4.74 Å². The van der Waals surface area contributed by atoms with Gasteiger partial charge in [0.05, 0.1) is 12.2 Å². The smallest absolute Gasteiger partial charge is 0.0579 e. The summed E-state index contributed by atoms with van der Waals surface area (Å²) in [5.74, 6) is 0. The van der Waals surface area contributed by atoms with Crippen molar-refractivity contribution in [1.29, 1.82) is 0 Å². The monoisotopic (exact) mass is 126 g/mol. The predicted molar refractivity (Wildman–Crippen MR) is 36.4 cm³/mol. The van der Waals surface area contributed by atoms with E-state index in [4.69, 9.17) is 4.74 Å². The van der Waals surface area contributed by atoms with Gasteiger partial charge in [-0.15, -0.1) is 0 Å². The first-order valence-corrected chi connectivity index (χ1v) is 4.10. The lowest BCUT2D eigenvalue weighted by molar-refractivity contribution is 0.0499. The lowest BCUT2D eigenvalue weighted by Gasteiger charge is -2.05. The van der Waals surface area contributed by atoms with Crippen LogP contribution in [0.3, 0.4) is 0 Å². The highest BCUT2D eigenvalue weighted by atomic mass is 16.5. The maximum atomic E-state index is 5.72.